The fourth-order valence-corrected chi connectivity index (χ4v) is 1.89. The van der Waals surface area contributed by atoms with Crippen LogP contribution >= 0.6 is 0 Å². The molecule has 0 aliphatic carbocycles. The number of aromatic nitrogens is 3. The van der Waals surface area contributed by atoms with Crippen molar-refractivity contribution >= 4 is 15.8 Å². The summed E-state index contributed by atoms with van der Waals surface area (Å²) in [4.78, 5) is 14.9. The Balaban J connectivity index is 2.57. The Morgan fingerprint density at radius 1 is 1.44 bits per heavy atom. The van der Waals surface area contributed by atoms with Crippen molar-refractivity contribution in [3.63, 3.8) is 0 Å². The van der Waals surface area contributed by atoms with Gasteiger partial charge in [0, 0.05) is 12.5 Å². The molecule has 0 aliphatic heterocycles. The Kier molecular flexibility index (Phi) is 2.87. The lowest BCUT2D eigenvalue weighted by Gasteiger charge is -2.03. The van der Waals surface area contributed by atoms with Crippen molar-refractivity contribution in [2.75, 3.05) is 6.26 Å². The third-order valence-electron chi connectivity index (χ3n) is 2.22. The van der Waals surface area contributed by atoms with Crippen LogP contribution in [0.3, 0.4) is 0 Å². The van der Waals surface area contributed by atoms with E-state index in [4.69, 9.17) is 5.11 Å². The highest BCUT2D eigenvalue weighted by molar-refractivity contribution is 7.90. The molecule has 2 rings (SSSR count). The fourth-order valence-electron chi connectivity index (χ4n) is 1.36. The van der Waals surface area contributed by atoms with E-state index >= 15 is 0 Å². The minimum Gasteiger partial charge on any atom is -0.478 e. The third-order valence-corrected chi connectivity index (χ3v) is 3.29. The van der Waals surface area contributed by atoms with Gasteiger partial charge < -0.3 is 5.11 Å². The number of pyridine rings is 1. The lowest BCUT2D eigenvalue weighted by molar-refractivity contribution is 0.0696. The molecule has 2 aromatic rings. The van der Waals surface area contributed by atoms with Crippen LogP contribution in [0.25, 0.3) is 5.82 Å². The molecular weight excluding hydrogens is 258 g/mol. The fraction of sp³-hybridized carbons (Fsp3) is 0.100. The minimum absolute atomic E-state index is 0.00416. The summed E-state index contributed by atoms with van der Waals surface area (Å²) >= 11 is 0. The highest BCUT2D eigenvalue weighted by Gasteiger charge is 2.16. The van der Waals surface area contributed by atoms with Crippen molar-refractivity contribution in [3.05, 3.63) is 36.3 Å². The van der Waals surface area contributed by atoms with Crippen LogP contribution in [0.2, 0.25) is 0 Å². The summed E-state index contributed by atoms with van der Waals surface area (Å²) < 4.78 is 23.7. The molecule has 2 heterocycles. The van der Waals surface area contributed by atoms with E-state index in [1.165, 1.54) is 24.5 Å². The van der Waals surface area contributed by atoms with Gasteiger partial charge in [0.2, 0.25) is 0 Å². The number of rotatable bonds is 3. The second kappa shape index (κ2) is 4.22. The van der Waals surface area contributed by atoms with E-state index in [0.29, 0.717) is 0 Å². The summed E-state index contributed by atoms with van der Waals surface area (Å²) in [6.07, 6.45) is 4.83. The molecule has 8 heteroatoms. The number of nitrogens with zero attached hydrogens (tertiary/aromatic N) is 3. The van der Waals surface area contributed by atoms with Crippen LogP contribution in [0.5, 0.6) is 0 Å². The molecule has 0 spiro atoms. The van der Waals surface area contributed by atoms with E-state index in [-0.39, 0.29) is 16.3 Å². The zero-order valence-electron chi connectivity index (χ0n) is 9.31. The summed E-state index contributed by atoms with van der Waals surface area (Å²) in [6.45, 7) is 0. The zero-order valence-corrected chi connectivity index (χ0v) is 10.1. The topological polar surface area (TPSA) is 102 Å². The number of sulfone groups is 1. The largest absolute Gasteiger partial charge is 0.478 e. The lowest BCUT2D eigenvalue weighted by Crippen LogP contribution is -2.07. The third kappa shape index (κ3) is 2.23. The van der Waals surface area contributed by atoms with Gasteiger partial charge in [0.1, 0.15) is 10.5 Å². The number of carboxylic acid groups (broad SMARTS) is 1. The van der Waals surface area contributed by atoms with Crippen molar-refractivity contribution in [1.82, 2.24) is 14.8 Å². The zero-order chi connectivity index (χ0) is 13.3. The molecule has 0 bridgehead atoms. The van der Waals surface area contributed by atoms with Crippen molar-refractivity contribution in [3.8, 4) is 5.82 Å². The van der Waals surface area contributed by atoms with Gasteiger partial charge in [0.05, 0.1) is 12.4 Å². The van der Waals surface area contributed by atoms with Crippen molar-refractivity contribution in [1.29, 1.82) is 0 Å². The SMILES string of the molecule is CS(=O)(=O)c1cnn(-c2ncccc2C(=O)O)c1. The normalized spacial score (nSPS) is 11.4. The first-order valence-corrected chi connectivity index (χ1v) is 6.72. The predicted molar refractivity (Wildman–Crippen MR) is 61.4 cm³/mol. The highest BCUT2D eigenvalue weighted by Crippen LogP contribution is 2.14. The van der Waals surface area contributed by atoms with Crippen molar-refractivity contribution < 1.29 is 18.3 Å². The molecule has 0 amide bonds. The number of aromatic carboxylic acids is 1. The van der Waals surface area contributed by atoms with Crippen molar-refractivity contribution in [2.24, 2.45) is 0 Å². The molecule has 0 unspecified atom stereocenters. The maximum atomic E-state index is 11.3. The Morgan fingerprint density at radius 3 is 2.72 bits per heavy atom. The molecule has 2 aromatic heterocycles. The van der Waals surface area contributed by atoms with Gasteiger partial charge in [-0.25, -0.2) is 22.9 Å². The van der Waals surface area contributed by atoms with Gasteiger partial charge in [-0.2, -0.15) is 5.10 Å². The summed E-state index contributed by atoms with van der Waals surface area (Å²) in [5.41, 5.74) is -0.0550. The first-order valence-electron chi connectivity index (χ1n) is 4.83. The van der Waals surface area contributed by atoms with Crippen LogP contribution in [0.4, 0.5) is 0 Å². The van der Waals surface area contributed by atoms with Gasteiger partial charge in [-0.3, -0.25) is 0 Å². The maximum Gasteiger partial charge on any atom is 0.339 e. The lowest BCUT2D eigenvalue weighted by atomic mass is 10.2. The van der Waals surface area contributed by atoms with Gasteiger partial charge in [0.15, 0.2) is 15.7 Å². The van der Waals surface area contributed by atoms with Crippen molar-refractivity contribution in [2.45, 2.75) is 4.90 Å². The molecule has 0 saturated carbocycles. The number of hydrogen-bond acceptors (Lipinski definition) is 5. The van der Waals surface area contributed by atoms with Crippen LogP contribution in [0.15, 0.2) is 35.6 Å². The van der Waals surface area contributed by atoms with Gasteiger partial charge >= 0.3 is 5.97 Å². The maximum absolute atomic E-state index is 11.3. The molecule has 1 N–H and O–H groups in total. The minimum atomic E-state index is -3.38. The van der Waals surface area contributed by atoms with Crippen LogP contribution < -0.4 is 0 Å². The second-order valence-corrected chi connectivity index (χ2v) is 5.59. The Hall–Kier alpha value is -2.22. The molecule has 0 radical (unpaired) electrons. The number of hydrogen-bond donors (Lipinski definition) is 1. The molecule has 0 aliphatic rings. The van der Waals surface area contributed by atoms with E-state index in [0.717, 1.165) is 17.1 Å². The number of carbonyl (C=O) groups is 1. The summed E-state index contributed by atoms with van der Waals surface area (Å²) in [6, 6.07) is 2.85. The molecule has 0 atom stereocenters. The van der Waals surface area contributed by atoms with Gasteiger partial charge in [0.25, 0.3) is 0 Å². The first kappa shape index (κ1) is 12.2. The summed E-state index contributed by atoms with van der Waals surface area (Å²) in [5, 5.41) is 12.8. The van der Waals surface area contributed by atoms with Crippen LogP contribution in [0.1, 0.15) is 10.4 Å². The van der Waals surface area contributed by atoms with Crippen LogP contribution in [-0.4, -0.2) is 40.5 Å². The first-order chi connectivity index (χ1) is 8.39. The molecular formula is C10H9N3O4S. The highest BCUT2D eigenvalue weighted by atomic mass is 32.2. The summed E-state index contributed by atoms with van der Waals surface area (Å²) in [7, 11) is -3.38. The standard InChI is InChI=1S/C10H9N3O4S/c1-18(16,17)7-5-12-13(6-7)9-8(10(14)15)3-2-4-11-9/h2-6H,1H3,(H,14,15). The molecule has 0 fully saturated rings. The Bertz CT molecular complexity index is 705. The number of carboxylic acids is 1. The van der Waals surface area contributed by atoms with Crippen LogP contribution in [0, 0.1) is 0 Å². The van der Waals surface area contributed by atoms with E-state index in [2.05, 4.69) is 10.1 Å². The molecule has 7 nitrogen and oxygen atoms in total. The van der Waals surface area contributed by atoms with Gasteiger partial charge in [-0.15, -0.1) is 0 Å². The molecule has 18 heavy (non-hydrogen) atoms. The van der Waals surface area contributed by atoms with E-state index in [1.54, 1.807) is 0 Å². The van der Waals surface area contributed by atoms with Gasteiger partial charge in [-0.05, 0) is 12.1 Å². The Labute approximate surface area is 103 Å². The van der Waals surface area contributed by atoms with E-state index in [1.807, 2.05) is 0 Å². The molecule has 0 saturated heterocycles. The Morgan fingerprint density at radius 2 is 2.17 bits per heavy atom. The average molecular weight is 267 g/mol. The smallest absolute Gasteiger partial charge is 0.339 e. The van der Waals surface area contributed by atoms with E-state index in [9.17, 15) is 13.2 Å². The van der Waals surface area contributed by atoms with Crippen LogP contribution in [-0.2, 0) is 9.84 Å². The summed E-state index contributed by atoms with van der Waals surface area (Å²) in [5.74, 6) is -1.09. The quantitative estimate of drug-likeness (QED) is 0.861. The predicted octanol–water partition coefficient (Wildman–Crippen LogP) is 0.369. The second-order valence-electron chi connectivity index (χ2n) is 3.57. The van der Waals surface area contributed by atoms with Gasteiger partial charge in [-0.1, -0.05) is 0 Å². The molecule has 0 aromatic carbocycles. The monoisotopic (exact) mass is 267 g/mol. The molecule has 94 valence electrons. The average Bonchev–Trinajstić information content (AvgIpc) is 2.77. The van der Waals surface area contributed by atoms with E-state index < -0.39 is 15.8 Å².